The van der Waals surface area contributed by atoms with Crippen molar-refractivity contribution < 1.29 is 14.4 Å². The summed E-state index contributed by atoms with van der Waals surface area (Å²) < 4.78 is 0. The lowest BCUT2D eigenvalue weighted by Gasteiger charge is -2.36. The maximum Gasteiger partial charge on any atom is 0.257 e. The molecule has 3 aromatic rings. The number of nitrogens with zero attached hydrogens (tertiary/aromatic N) is 3. The zero-order valence-electron chi connectivity index (χ0n) is 18.4. The summed E-state index contributed by atoms with van der Waals surface area (Å²) in [4.78, 5) is 45.3. The molecule has 4 rings (SSSR count). The molecule has 2 aromatic carbocycles. The van der Waals surface area contributed by atoms with Gasteiger partial charge in [0.05, 0.1) is 12.1 Å². The van der Waals surface area contributed by atoms with Gasteiger partial charge in [0, 0.05) is 60.5 Å². The van der Waals surface area contributed by atoms with Crippen LogP contribution in [0.1, 0.15) is 20.7 Å². The molecule has 2 heterocycles. The number of aromatic nitrogens is 1. The Morgan fingerprint density at radius 1 is 0.882 bits per heavy atom. The molecule has 1 aliphatic rings. The molecule has 2 N–H and O–H groups in total. The summed E-state index contributed by atoms with van der Waals surface area (Å²) in [6.07, 6.45) is 3.05. The summed E-state index contributed by atoms with van der Waals surface area (Å²) >= 11 is 6.07. The van der Waals surface area contributed by atoms with E-state index >= 15 is 0 Å². The first-order valence-corrected chi connectivity index (χ1v) is 11.3. The number of amides is 3. The highest BCUT2D eigenvalue weighted by Gasteiger charge is 2.22. The standard InChI is InChI=1S/C25H24ClN5O3/c26-20-6-2-8-22(15-20)30-10-12-31(13-11-30)23(32)17-28-24(33)18-4-1-7-21(14-18)29-25(34)19-5-3-9-27-16-19/h1-9,14-16H,10-13,17H2,(H,28,33)(H,29,34). The molecule has 34 heavy (non-hydrogen) atoms. The van der Waals surface area contributed by atoms with Crippen LogP contribution >= 0.6 is 11.6 Å². The molecule has 0 unspecified atom stereocenters. The Hall–Kier alpha value is -3.91. The first kappa shape index (κ1) is 23.3. The van der Waals surface area contributed by atoms with E-state index in [0.717, 1.165) is 5.69 Å². The third kappa shape index (κ3) is 5.90. The zero-order chi connectivity index (χ0) is 23.9. The van der Waals surface area contributed by atoms with Crippen molar-refractivity contribution in [3.05, 3.63) is 89.2 Å². The fourth-order valence-electron chi connectivity index (χ4n) is 3.70. The van der Waals surface area contributed by atoms with Crippen molar-refractivity contribution in [3.63, 3.8) is 0 Å². The molecular formula is C25H24ClN5O3. The van der Waals surface area contributed by atoms with E-state index in [2.05, 4.69) is 20.5 Å². The summed E-state index contributed by atoms with van der Waals surface area (Å²) in [7, 11) is 0. The first-order chi connectivity index (χ1) is 16.5. The van der Waals surface area contributed by atoms with Crippen LogP contribution in [0.5, 0.6) is 0 Å². The van der Waals surface area contributed by atoms with E-state index in [9.17, 15) is 14.4 Å². The van der Waals surface area contributed by atoms with Crippen molar-refractivity contribution in [2.45, 2.75) is 0 Å². The van der Waals surface area contributed by atoms with Crippen LogP contribution < -0.4 is 15.5 Å². The molecule has 1 fully saturated rings. The molecule has 0 aliphatic carbocycles. The number of rotatable bonds is 6. The molecule has 0 spiro atoms. The molecule has 8 nitrogen and oxygen atoms in total. The smallest absolute Gasteiger partial charge is 0.257 e. The van der Waals surface area contributed by atoms with Gasteiger partial charge in [-0.3, -0.25) is 19.4 Å². The normalized spacial score (nSPS) is 13.3. The Labute approximate surface area is 202 Å². The van der Waals surface area contributed by atoms with Gasteiger partial charge in [-0.25, -0.2) is 0 Å². The third-order valence-corrected chi connectivity index (χ3v) is 5.75. The Morgan fingerprint density at radius 3 is 2.38 bits per heavy atom. The Kier molecular flexibility index (Phi) is 7.39. The summed E-state index contributed by atoms with van der Waals surface area (Å²) in [6, 6.07) is 17.5. The highest BCUT2D eigenvalue weighted by molar-refractivity contribution is 6.30. The van der Waals surface area contributed by atoms with E-state index in [-0.39, 0.29) is 24.3 Å². The fraction of sp³-hybridized carbons (Fsp3) is 0.200. The van der Waals surface area contributed by atoms with E-state index in [0.29, 0.717) is 48.0 Å². The van der Waals surface area contributed by atoms with Crippen LogP contribution in [0.4, 0.5) is 11.4 Å². The van der Waals surface area contributed by atoms with Crippen molar-refractivity contribution >= 4 is 40.7 Å². The summed E-state index contributed by atoms with van der Waals surface area (Å²) in [5, 5.41) is 6.10. The second-order valence-electron chi connectivity index (χ2n) is 7.81. The van der Waals surface area contributed by atoms with E-state index in [1.54, 1.807) is 47.5 Å². The quantitative estimate of drug-likeness (QED) is 0.569. The predicted octanol–water partition coefficient (Wildman–Crippen LogP) is 3.07. The lowest BCUT2D eigenvalue weighted by atomic mass is 10.1. The maximum absolute atomic E-state index is 12.6. The van der Waals surface area contributed by atoms with E-state index in [4.69, 9.17) is 11.6 Å². The van der Waals surface area contributed by atoms with Crippen LogP contribution in [-0.4, -0.2) is 60.3 Å². The predicted molar refractivity (Wildman–Crippen MR) is 131 cm³/mol. The number of pyridine rings is 1. The number of halogens is 1. The number of anilines is 2. The number of hydrogen-bond acceptors (Lipinski definition) is 5. The summed E-state index contributed by atoms with van der Waals surface area (Å²) in [6.45, 7) is 2.42. The second kappa shape index (κ2) is 10.8. The Morgan fingerprint density at radius 2 is 1.65 bits per heavy atom. The van der Waals surface area contributed by atoms with Gasteiger partial charge < -0.3 is 20.4 Å². The number of hydrogen-bond donors (Lipinski definition) is 2. The summed E-state index contributed by atoms with van der Waals surface area (Å²) in [5.74, 6) is -0.846. The maximum atomic E-state index is 12.6. The zero-order valence-corrected chi connectivity index (χ0v) is 19.2. The molecule has 1 saturated heterocycles. The van der Waals surface area contributed by atoms with Gasteiger partial charge in [-0.1, -0.05) is 23.7 Å². The van der Waals surface area contributed by atoms with Crippen LogP contribution in [0.3, 0.4) is 0 Å². The molecular weight excluding hydrogens is 454 g/mol. The van der Waals surface area contributed by atoms with Gasteiger partial charge in [0.25, 0.3) is 11.8 Å². The van der Waals surface area contributed by atoms with Crippen molar-refractivity contribution in [1.29, 1.82) is 0 Å². The van der Waals surface area contributed by atoms with Gasteiger partial charge in [-0.2, -0.15) is 0 Å². The van der Waals surface area contributed by atoms with Crippen LogP contribution in [0, 0.1) is 0 Å². The molecule has 9 heteroatoms. The number of nitrogens with one attached hydrogen (secondary N) is 2. The van der Waals surface area contributed by atoms with Gasteiger partial charge >= 0.3 is 0 Å². The van der Waals surface area contributed by atoms with Gasteiger partial charge in [-0.05, 0) is 48.5 Å². The second-order valence-corrected chi connectivity index (χ2v) is 8.24. The van der Waals surface area contributed by atoms with Gasteiger partial charge in [0.15, 0.2) is 0 Å². The van der Waals surface area contributed by atoms with Gasteiger partial charge in [0.2, 0.25) is 5.91 Å². The minimum absolute atomic E-state index is 0.0950. The molecule has 1 aliphatic heterocycles. The van der Waals surface area contributed by atoms with Crippen LogP contribution in [-0.2, 0) is 4.79 Å². The van der Waals surface area contributed by atoms with Crippen LogP contribution in [0.15, 0.2) is 73.1 Å². The van der Waals surface area contributed by atoms with E-state index in [1.165, 1.54) is 6.20 Å². The minimum atomic E-state index is -0.386. The molecule has 0 radical (unpaired) electrons. The van der Waals surface area contributed by atoms with Crippen molar-refractivity contribution in [3.8, 4) is 0 Å². The number of benzene rings is 2. The number of carbonyl (C=O) groups is 3. The fourth-order valence-corrected chi connectivity index (χ4v) is 3.88. The van der Waals surface area contributed by atoms with Crippen LogP contribution in [0.25, 0.3) is 0 Å². The van der Waals surface area contributed by atoms with Gasteiger partial charge in [0.1, 0.15) is 0 Å². The minimum Gasteiger partial charge on any atom is -0.368 e. The SMILES string of the molecule is O=C(NCC(=O)N1CCN(c2cccc(Cl)c2)CC1)c1cccc(NC(=O)c2cccnc2)c1. The monoisotopic (exact) mass is 477 g/mol. The molecule has 0 saturated carbocycles. The van der Waals surface area contributed by atoms with E-state index in [1.807, 2.05) is 24.3 Å². The topological polar surface area (TPSA) is 94.6 Å². The van der Waals surface area contributed by atoms with Crippen molar-refractivity contribution in [2.75, 3.05) is 42.9 Å². The largest absolute Gasteiger partial charge is 0.368 e. The van der Waals surface area contributed by atoms with Gasteiger partial charge in [-0.15, -0.1) is 0 Å². The molecule has 0 bridgehead atoms. The molecule has 0 atom stereocenters. The average Bonchev–Trinajstić information content (AvgIpc) is 2.88. The lowest BCUT2D eigenvalue weighted by Crippen LogP contribution is -2.51. The van der Waals surface area contributed by atoms with Crippen molar-refractivity contribution in [1.82, 2.24) is 15.2 Å². The average molecular weight is 478 g/mol. The van der Waals surface area contributed by atoms with Crippen LogP contribution in [0.2, 0.25) is 5.02 Å². The van der Waals surface area contributed by atoms with Crippen molar-refractivity contribution in [2.24, 2.45) is 0 Å². The Bertz CT molecular complexity index is 1180. The molecule has 174 valence electrons. The third-order valence-electron chi connectivity index (χ3n) is 5.51. The number of piperazine rings is 1. The highest BCUT2D eigenvalue weighted by Crippen LogP contribution is 2.20. The first-order valence-electron chi connectivity index (χ1n) is 10.9. The molecule has 3 amide bonds. The Balaban J connectivity index is 1.27. The highest BCUT2D eigenvalue weighted by atomic mass is 35.5. The summed E-state index contributed by atoms with van der Waals surface area (Å²) in [5.41, 5.74) is 2.27. The number of carbonyl (C=O) groups excluding carboxylic acids is 3. The lowest BCUT2D eigenvalue weighted by molar-refractivity contribution is -0.130. The van der Waals surface area contributed by atoms with E-state index < -0.39 is 0 Å². The molecule has 1 aromatic heterocycles.